The summed E-state index contributed by atoms with van der Waals surface area (Å²) in [6.45, 7) is 4.08. The molecule has 0 bridgehead atoms. The molecule has 0 aliphatic carbocycles. The topological polar surface area (TPSA) is 79.2 Å². The first kappa shape index (κ1) is 21.0. The van der Waals surface area contributed by atoms with Crippen molar-refractivity contribution in [2.45, 2.75) is 45.4 Å². The van der Waals surface area contributed by atoms with Gasteiger partial charge in [-0.2, -0.15) is 5.26 Å². The second kappa shape index (κ2) is 10.2. The number of methoxy groups -OCH3 is 1. The average molecular weight is 387 g/mol. The number of hydrogen-bond donors (Lipinski definition) is 1. The maximum Gasteiger partial charge on any atom is 0.319 e. The molecule has 27 heavy (non-hydrogen) atoms. The summed E-state index contributed by atoms with van der Waals surface area (Å²) in [4.78, 5) is 25.1. The van der Waals surface area contributed by atoms with Gasteiger partial charge in [-0.1, -0.05) is 50.5 Å². The van der Waals surface area contributed by atoms with Gasteiger partial charge in [0, 0.05) is 5.92 Å². The van der Waals surface area contributed by atoms with Crippen LogP contribution in [0.25, 0.3) is 0 Å². The number of unbranched alkanes of at least 4 members (excludes halogenated alkanes) is 3. The molecule has 0 aromatic heterocycles. The molecule has 1 aromatic rings. The third-order valence-electron chi connectivity index (χ3n) is 4.75. The molecule has 0 saturated carbocycles. The fourth-order valence-electron chi connectivity index (χ4n) is 3.29. The standard InChI is InChI=1S/C21H26N2O3S/c1-4-5-6-9-12-27-20-16(13-22)17(15-11-8-7-10-14(15)2)18(19(24)23-20)21(25)26-3/h7-8,10-11,17-18H,4-6,9,12H2,1-3H3,(H,23,24)/t17-,18+/m0/s1. The number of carbonyl (C=O) groups is 2. The van der Waals surface area contributed by atoms with Gasteiger partial charge in [-0.05, 0) is 30.2 Å². The minimum absolute atomic E-state index is 0.412. The highest BCUT2D eigenvalue weighted by atomic mass is 32.2. The van der Waals surface area contributed by atoms with Crippen molar-refractivity contribution in [2.24, 2.45) is 5.92 Å². The minimum Gasteiger partial charge on any atom is -0.468 e. The Labute approximate surface area is 165 Å². The largest absolute Gasteiger partial charge is 0.468 e. The Morgan fingerprint density at radius 3 is 2.67 bits per heavy atom. The zero-order valence-electron chi connectivity index (χ0n) is 16.1. The molecule has 2 rings (SSSR count). The second-order valence-corrected chi connectivity index (χ2v) is 7.69. The van der Waals surface area contributed by atoms with Gasteiger partial charge in [0.05, 0.1) is 23.8 Å². The molecular weight excluding hydrogens is 360 g/mol. The fraction of sp³-hybridized carbons (Fsp3) is 0.476. The lowest BCUT2D eigenvalue weighted by Gasteiger charge is -2.31. The van der Waals surface area contributed by atoms with Gasteiger partial charge < -0.3 is 10.1 Å². The van der Waals surface area contributed by atoms with Crippen LogP contribution < -0.4 is 5.32 Å². The number of benzene rings is 1. The van der Waals surface area contributed by atoms with Gasteiger partial charge in [-0.15, -0.1) is 11.8 Å². The zero-order valence-corrected chi connectivity index (χ0v) is 16.9. The Balaban J connectivity index is 2.41. The van der Waals surface area contributed by atoms with E-state index in [4.69, 9.17) is 4.74 Å². The summed E-state index contributed by atoms with van der Waals surface area (Å²) in [7, 11) is 1.26. The lowest BCUT2D eigenvalue weighted by atomic mass is 9.77. The molecule has 5 nitrogen and oxygen atoms in total. The van der Waals surface area contributed by atoms with E-state index in [0.717, 1.165) is 36.1 Å². The lowest BCUT2D eigenvalue weighted by molar-refractivity contribution is -0.150. The van der Waals surface area contributed by atoms with E-state index in [-0.39, 0.29) is 0 Å². The molecule has 0 fully saturated rings. The van der Waals surface area contributed by atoms with Gasteiger partial charge in [-0.3, -0.25) is 9.59 Å². The molecule has 144 valence electrons. The van der Waals surface area contributed by atoms with Crippen molar-refractivity contribution >= 4 is 23.6 Å². The highest BCUT2D eigenvalue weighted by molar-refractivity contribution is 8.03. The smallest absolute Gasteiger partial charge is 0.319 e. The van der Waals surface area contributed by atoms with Crippen LogP contribution in [0.1, 0.15) is 49.7 Å². The molecule has 0 spiro atoms. The van der Waals surface area contributed by atoms with Crippen molar-refractivity contribution in [1.82, 2.24) is 5.32 Å². The molecule has 1 aliphatic heterocycles. The zero-order chi connectivity index (χ0) is 19.8. The van der Waals surface area contributed by atoms with E-state index in [1.165, 1.54) is 25.3 Å². The Morgan fingerprint density at radius 1 is 1.30 bits per heavy atom. The summed E-state index contributed by atoms with van der Waals surface area (Å²) < 4.78 is 4.87. The van der Waals surface area contributed by atoms with E-state index < -0.39 is 23.7 Å². The summed E-state index contributed by atoms with van der Waals surface area (Å²) in [5.74, 6) is -1.90. The third-order valence-corrected chi connectivity index (χ3v) is 5.85. The van der Waals surface area contributed by atoms with Crippen molar-refractivity contribution in [2.75, 3.05) is 12.9 Å². The maximum atomic E-state index is 12.7. The van der Waals surface area contributed by atoms with Crippen LogP contribution in [-0.4, -0.2) is 24.7 Å². The van der Waals surface area contributed by atoms with Crippen molar-refractivity contribution in [3.8, 4) is 6.07 Å². The number of allylic oxidation sites excluding steroid dienone is 1. The fourth-order valence-corrected chi connectivity index (χ4v) is 4.35. The average Bonchev–Trinajstić information content (AvgIpc) is 2.67. The Kier molecular flexibility index (Phi) is 7.93. The quantitative estimate of drug-likeness (QED) is 0.414. The number of ether oxygens (including phenoxy) is 1. The molecule has 0 radical (unpaired) electrons. The van der Waals surface area contributed by atoms with Crippen molar-refractivity contribution in [1.29, 1.82) is 5.26 Å². The van der Waals surface area contributed by atoms with Gasteiger partial charge in [-0.25, -0.2) is 0 Å². The number of rotatable bonds is 8. The molecule has 1 heterocycles. The number of hydrogen-bond acceptors (Lipinski definition) is 5. The Morgan fingerprint density at radius 2 is 2.04 bits per heavy atom. The summed E-state index contributed by atoms with van der Waals surface area (Å²) in [5, 5.41) is 13.2. The number of nitriles is 1. The Bertz CT molecular complexity index is 767. The predicted molar refractivity (Wildman–Crippen MR) is 107 cm³/mol. The number of esters is 1. The monoisotopic (exact) mass is 386 g/mol. The Hall–Kier alpha value is -2.26. The number of aryl methyl sites for hydroxylation is 1. The van der Waals surface area contributed by atoms with Crippen LogP contribution in [0, 0.1) is 24.2 Å². The van der Waals surface area contributed by atoms with Crippen LogP contribution in [0.2, 0.25) is 0 Å². The first-order valence-electron chi connectivity index (χ1n) is 9.26. The number of carbonyl (C=O) groups excluding carboxylic acids is 2. The molecule has 2 atom stereocenters. The summed E-state index contributed by atoms with van der Waals surface area (Å²) >= 11 is 1.48. The minimum atomic E-state index is -1.06. The molecule has 1 aromatic carbocycles. The van der Waals surface area contributed by atoms with Crippen LogP contribution in [-0.2, 0) is 14.3 Å². The van der Waals surface area contributed by atoms with E-state index in [1.54, 1.807) is 0 Å². The van der Waals surface area contributed by atoms with Crippen molar-refractivity contribution in [3.05, 3.63) is 46.0 Å². The van der Waals surface area contributed by atoms with Gasteiger partial charge in [0.25, 0.3) is 0 Å². The van der Waals surface area contributed by atoms with Crippen LogP contribution in [0.15, 0.2) is 34.9 Å². The van der Waals surface area contributed by atoms with E-state index >= 15 is 0 Å². The highest BCUT2D eigenvalue weighted by Crippen LogP contribution is 2.41. The highest BCUT2D eigenvalue weighted by Gasteiger charge is 2.44. The lowest BCUT2D eigenvalue weighted by Crippen LogP contribution is -2.44. The van der Waals surface area contributed by atoms with E-state index in [9.17, 15) is 14.9 Å². The summed E-state index contributed by atoms with van der Waals surface area (Å²) in [5.41, 5.74) is 2.18. The van der Waals surface area contributed by atoms with Crippen LogP contribution >= 0.6 is 11.8 Å². The second-order valence-electron chi connectivity index (χ2n) is 6.59. The molecule has 1 N–H and O–H groups in total. The molecule has 0 saturated heterocycles. The van der Waals surface area contributed by atoms with Crippen LogP contribution in [0.4, 0.5) is 0 Å². The summed E-state index contributed by atoms with van der Waals surface area (Å²) in [6.07, 6.45) is 4.47. The number of nitrogens with one attached hydrogen (secondary N) is 1. The van der Waals surface area contributed by atoms with Crippen molar-refractivity contribution in [3.63, 3.8) is 0 Å². The third kappa shape index (κ3) is 4.92. The van der Waals surface area contributed by atoms with E-state index in [2.05, 4.69) is 18.3 Å². The molecular formula is C21H26N2O3S. The molecule has 1 amide bonds. The predicted octanol–water partition coefficient (Wildman–Crippen LogP) is 4.05. The number of nitrogens with zero attached hydrogens (tertiary/aromatic N) is 1. The molecule has 1 aliphatic rings. The summed E-state index contributed by atoms with van der Waals surface area (Å²) in [6, 6.07) is 9.79. The molecule has 6 heteroatoms. The van der Waals surface area contributed by atoms with Gasteiger partial charge in [0.1, 0.15) is 5.92 Å². The number of amides is 1. The van der Waals surface area contributed by atoms with Gasteiger partial charge >= 0.3 is 5.97 Å². The number of thioether (sulfide) groups is 1. The first-order valence-corrected chi connectivity index (χ1v) is 10.2. The van der Waals surface area contributed by atoms with Gasteiger partial charge in [0.15, 0.2) is 0 Å². The first-order chi connectivity index (χ1) is 13.0. The van der Waals surface area contributed by atoms with E-state index in [0.29, 0.717) is 10.6 Å². The SMILES string of the molecule is CCCCCCSC1=C(C#N)[C@H](c2ccccc2C)[C@@H](C(=O)OC)C(=O)N1. The maximum absolute atomic E-state index is 12.7. The normalized spacial score (nSPS) is 19.4. The molecule has 0 unspecified atom stereocenters. The van der Waals surface area contributed by atoms with E-state index in [1.807, 2.05) is 31.2 Å². The van der Waals surface area contributed by atoms with Crippen LogP contribution in [0.3, 0.4) is 0 Å². The van der Waals surface area contributed by atoms with Crippen LogP contribution in [0.5, 0.6) is 0 Å². The van der Waals surface area contributed by atoms with Gasteiger partial charge in [0.2, 0.25) is 5.91 Å². The van der Waals surface area contributed by atoms with Crippen molar-refractivity contribution < 1.29 is 14.3 Å².